The molecule has 0 spiro atoms. The molecule has 3 rings (SSSR count). The second-order valence-corrected chi connectivity index (χ2v) is 29.4. The SMILES string of the molecule is CC(C)(C)O.CC(C)(C)OC(=O)CC[C@H](NC(=O)OCc1ccccc1)C(N)=O.CC(C)(C)OC(=O)CC[C@H](NC(=O)OCc1ccccc1)C(N)=O.CC(C)N=C(NC(C)C)OC(C)(C)C.CC(C)N=C=NC(C)C.CC(C)NC(=O)NC(C)C.NC(=O)[C@H](CCC(=O)O)NC(=O)OCc1ccccc1.[2H][I-]C.[Cl][Cu]. The molecular formula is C77H132ClCuIN12O18-. The zero-order chi connectivity index (χ0) is 87.3. The van der Waals surface area contributed by atoms with Crippen molar-refractivity contribution in [1.29, 1.82) is 0.594 Å². The molecule has 3 atom stereocenters. The minimum absolute atomic E-state index is 0.0379. The van der Waals surface area contributed by atoms with Crippen LogP contribution in [0.1, 0.15) is 221 Å². The van der Waals surface area contributed by atoms with Gasteiger partial charge >= 0.3 is 95.3 Å². The van der Waals surface area contributed by atoms with Crippen LogP contribution in [0.4, 0.5) is 19.2 Å². The topological polar surface area (TPSA) is 454 Å². The maximum atomic E-state index is 11.7. The number of amidine groups is 1. The van der Waals surface area contributed by atoms with Crippen LogP contribution in [-0.4, -0.2) is 164 Å². The maximum absolute atomic E-state index is 11.7. The number of nitrogens with one attached hydrogen (secondary N) is 6. The normalized spacial score (nSPS) is 11.6. The number of aliphatic imine (C=N–C) groups is 3. The Morgan fingerprint density at radius 3 is 0.927 bits per heavy atom. The molecule has 0 aliphatic carbocycles. The number of aliphatic hydroxyl groups is 1. The van der Waals surface area contributed by atoms with E-state index in [9.17, 15) is 47.9 Å². The van der Waals surface area contributed by atoms with Gasteiger partial charge in [0.1, 0.15) is 54.7 Å². The summed E-state index contributed by atoms with van der Waals surface area (Å²) in [5.74, 6) is -4.29. The van der Waals surface area contributed by atoms with Crippen molar-refractivity contribution in [3.63, 3.8) is 0 Å². The molecular weight excluding hydrogens is 1610 g/mol. The van der Waals surface area contributed by atoms with Gasteiger partial charge in [-0.3, -0.25) is 28.8 Å². The molecule has 8 amide bonds. The van der Waals surface area contributed by atoms with E-state index >= 15 is 0 Å². The van der Waals surface area contributed by atoms with Gasteiger partial charge in [0.05, 0.1) is 23.7 Å². The number of amides is 8. The first-order valence-corrected chi connectivity index (χ1v) is 39.1. The molecule has 0 aromatic heterocycles. The predicted molar refractivity (Wildman–Crippen MR) is 424 cm³/mol. The van der Waals surface area contributed by atoms with Gasteiger partial charge in [-0.05, 0) is 202 Å². The number of ether oxygens (including phenoxy) is 6. The van der Waals surface area contributed by atoms with Crippen LogP contribution in [0.25, 0.3) is 0 Å². The van der Waals surface area contributed by atoms with Crippen LogP contribution < -0.4 is 71.5 Å². The van der Waals surface area contributed by atoms with E-state index in [4.69, 9.17) is 56.4 Å². The van der Waals surface area contributed by atoms with E-state index in [-0.39, 0.29) is 110 Å². The summed E-state index contributed by atoms with van der Waals surface area (Å²) in [5.41, 5.74) is 16.1. The van der Waals surface area contributed by atoms with Crippen molar-refractivity contribution in [3.8, 4) is 0 Å². The Bertz CT molecular complexity index is 3020. The van der Waals surface area contributed by atoms with Crippen molar-refractivity contribution in [1.82, 2.24) is 31.9 Å². The summed E-state index contributed by atoms with van der Waals surface area (Å²) < 4.78 is 37.3. The van der Waals surface area contributed by atoms with E-state index < -0.39 is 88.8 Å². The fourth-order valence-electron chi connectivity index (χ4n) is 6.85. The van der Waals surface area contributed by atoms with Gasteiger partial charge in [0.15, 0.2) is 0 Å². The number of halogens is 2. The van der Waals surface area contributed by atoms with Crippen LogP contribution in [0.15, 0.2) is 106 Å². The molecule has 0 saturated carbocycles. The molecule has 3 aromatic carbocycles. The number of carboxylic acids is 1. The second-order valence-electron chi connectivity index (χ2n) is 29.4. The van der Waals surface area contributed by atoms with Gasteiger partial charge in [0.25, 0.3) is 6.02 Å². The molecule has 0 unspecified atom stereocenters. The van der Waals surface area contributed by atoms with Gasteiger partial charge in [0.2, 0.25) is 17.7 Å². The van der Waals surface area contributed by atoms with Crippen LogP contribution in [-0.2, 0) is 92.1 Å². The van der Waals surface area contributed by atoms with E-state index in [0.717, 1.165) is 16.7 Å². The van der Waals surface area contributed by atoms with Crippen molar-refractivity contribution in [2.45, 2.75) is 301 Å². The zero-order valence-corrected chi connectivity index (χ0v) is 73.1. The van der Waals surface area contributed by atoms with E-state index in [1.165, 1.54) is 0 Å². The molecule has 0 fully saturated rings. The number of hydrogen-bond acceptors (Lipinski definition) is 20. The van der Waals surface area contributed by atoms with Gasteiger partial charge in [-0.2, -0.15) is 0 Å². The summed E-state index contributed by atoms with van der Waals surface area (Å²) in [6.07, 6.45) is -2.69. The van der Waals surface area contributed by atoms with Crippen molar-refractivity contribution in [2.24, 2.45) is 32.2 Å². The molecule has 634 valence electrons. The molecule has 0 heterocycles. The number of alkyl carbamates (subject to hydrolysis) is 3. The number of esters is 2. The molecule has 0 aliphatic heterocycles. The predicted octanol–water partition coefficient (Wildman–Crippen LogP) is 8.42. The first-order chi connectivity index (χ1) is 51.1. The van der Waals surface area contributed by atoms with Gasteiger partial charge in [-0.25, -0.2) is 34.2 Å². The number of carbonyl (C=O) groups excluding carboxylic acids is 9. The first kappa shape index (κ1) is 110. The van der Waals surface area contributed by atoms with Crippen molar-refractivity contribution < 1.29 is 124 Å². The van der Waals surface area contributed by atoms with Crippen LogP contribution in [0, 0.1) is 0 Å². The Balaban J connectivity index is -0.000000299. The number of nitrogens with zero attached hydrogens (tertiary/aromatic N) is 3. The summed E-state index contributed by atoms with van der Waals surface area (Å²) in [4.78, 5) is 128. The number of alkyl halides is 1. The van der Waals surface area contributed by atoms with E-state index in [0.29, 0.717) is 24.1 Å². The van der Waals surface area contributed by atoms with Gasteiger partial charge in [0, 0.05) is 43.4 Å². The number of benzene rings is 3. The van der Waals surface area contributed by atoms with Crippen LogP contribution in [0.5, 0.6) is 0 Å². The standard InChI is InChI=1S/2C17H24N2O5.C13H16N2O5.C11H24N2O.C7H16N2O.C7H14N2.C4H10O.CH4I.ClH.Cu/c2*1-17(2,3)24-14(20)10-9-13(15(18)21)19-16(22)23-11-12-7-5-4-6-8-12;14-12(18)10(6-7-11(16)17)15-13(19)20-8-9-4-2-1-3-5-9;1-8(2)12-10(13-9(3)4)14-11(5,6)7;1-5(2)8-7(10)9-6(3)4;1-6(2)8-5-9-7(3)4;1-4(2,3)5;1-2;;/h2*4-8,13H,9-11H2,1-3H3,(H2,18,21)(H,19,22);1-5,10H,6-8H2,(H2,14,18)(H,15,19)(H,16,17);8-9H,1-7H3,(H,12,13);5-6H,1-4H3,(H2,8,9,10);6-7H,1-4H3;5H,1-3H3;2H,1H3;1H;/q;;;;;;;-1;;+1/p-1/t2*13-;10-;;;;;;;/m000......./s1/i;;;;;;;2D;;. The Labute approximate surface area is 680 Å². The fourth-order valence-corrected chi connectivity index (χ4v) is 6.85. The number of hydrogen-bond donors (Lipinski definition) is 11. The number of aliphatic carboxylic acids is 1. The quantitative estimate of drug-likeness (QED) is 0.00648. The minimum atomic E-state index is -1.07. The fraction of sp³-hybridized carbons (Fsp3) is 0.610. The Morgan fingerprint density at radius 2 is 0.718 bits per heavy atom. The Morgan fingerprint density at radius 1 is 0.464 bits per heavy atom. The summed E-state index contributed by atoms with van der Waals surface area (Å²) in [7, 11) is 4.20. The zero-order valence-electron chi connectivity index (χ0n) is 70.3. The third-order valence-corrected chi connectivity index (χ3v) is 11.0. The number of carboxylic acid groups (broad SMARTS) is 1. The second kappa shape index (κ2) is 64.4. The number of rotatable bonds is 27. The summed E-state index contributed by atoms with van der Waals surface area (Å²) in [6.45, 7) is 45.9. The van der Waals surface area contributed by atoms with Gasteiger partial charge < -0.3 is 87.7 Å². The Hall–Kier alpha value is -8.29. The molecule has 33 heteroatoms. The third-order valence-electron chi connectivity index (χ3n) is 11.0. The molecule has 0 bridgehead atoms. The van der Waals surface area contributed by atoms with Crippen LogP contribution in [0.2, 0.25) is 0 Å². The third kappa shape index (κ3) is 85.3. The Kier molecular flexibility index (Phi) is 64.6. The number of urea groups is 1. The number of nitrogens with two attached hydrogens (primary N) is 3. The first-order valence-electron chi connectivity index (χ1n) is 36.0. The van der Waals surface area contributed by atoms with Crippen LogP contribution in [0.3, 0.4) is 0 Å². The summed E-state index contributed by atoms with van der Waals surface area (Å²) in [5, 5.41) is 32.7. The molecule has 0 saturated heterocycles. The number of carbonyl (C=O) groups is 10. The number of primary amides is 3. The van der Waals surface area contributed by atoms with Gasteiger partial charge in [-0.15, -0.1) is 0 Å². The van der Waals surface area contributed by atoms with Crippen molar-refractivity contribution in [3.05, 3.63) is 108 Å². The monoisotopic (exact) mass is 1740 g/mol. The van der Waals surface area contributed by atoms with Gasteiger partial charge in [-0.1, -0.05) is 91.0 Å². The average molecular weight is 1740 g/mol. The molecule has 3 aromatic rings. The van der Waals surface area contributed by atoms with Crippen molar-refractivity contribution >= 4 is 82.1 Å². The molecule has 30 nitrogen and oxygen atoms in total. The molecule has 0 aliphatic rings. The molecule has 110 heavy (non-hydrogen) atoms. The van der Waals surface area contributed by atoms with Crippen LogP contribution >= 0.6 is 10.1 Å². The summed E-state index contributed by atoms with van der Waals surface area (Å²) in [6, 6.07) is 29.0. The average Bonchev–Trinajstić information content (AvgIpc) is 0.940. The van der Waals surface area contributed by atoms with E-state index in [1.54, 1.807) is 111 Å². The van der Waals surface area contributed by atoms with E-state index in [2.05, 4.69) is 91.9 Å². The molecule has 0 radical (unpaired) electrons. The summed E-state index contributed by atoms with van der Waals surface area (Å²) >= 11 is 3.50. The van der Waals surface area contributed by atoms with Crippen molar-refractivity contribution in [2.75, 3.05) is 4.93 Å². The molecule has 14 N–H and O–H groups in total. The van der Waals surface area contributed by atoms with E-state index in [1.807, 2.05) is 137 Å².